The fourth-order valence-corrected chi connectivity index (χ4v) is 2.82. The van der Waals surface area contributed by atoms with Gasteiger partial charge in [0.05, 0.1) is 0 Å². The van der Waals surface area contributed by atoms with Gasteiger partial charge < -0.3 is 4.90 Å². The average Bonchev–Trinajstić information content (AvgIpc) is 2.23. The van der Waals surface area contributed by atoms with Gasteiger partial charge in [-0.05, 0) is 26.2 Å². The first kappa shape index (κ1) is 10.5. The second kappa shape index (κ2) is 2.97. The van der Waals surface area contributed by atoms with E-state index in [2.05, 4.69) is 20.8 Å². The first-order valence-corrected chi connectivity index (χ1v) is 5.58. The van der Waals surface area contributed by atoms with Crippen molar-refractivity contribution in [2.45, 2.75) is 45.7 Å². The maximum atomic E-state index is 12.1. The number of carbonyl (C=O) groups excluding carboxylic acids is 1. The van der Waals surface area contributed by atoms with Crippen LogP contribution in [-0.2, 0) is 4.79 Å². The van der Waals surface area contributed by atoms with Gasteiger partial charge in [0.1, 0.15) is 5.54 Å². The summed E-state index contributed by atoms with van der Waals surface area (Å²) < 4.78 is 0. The number of amides is 1. The number of nitrogens with one attached hydrogen (secondary N) is 1. The Hall–Kier alpha value is -1.06. The monoisotopic (exact) mass is 209 g/mol. The second-order valence-electron chi connectivity index (χ2n) is 5.33. The minimum Gasteiger partial charge on any atom is -0.325 e. The molecule has 0 radical (unpaired) electrons. The highest BCUT2D eigenvalue weighted by molar-refractivity contribution is 6.09. The molecule has 4 heteroatoms. The number of hydrogen-bond acceptors (Lipinski definition) is 2. The van der Waals surface area contributed by atoms with Crippen molar-refractivity contribution in [2.75, 3.05) is 6.54 Å². The molecule has 0 saturated carbocycles. The molecule has 0 bridgehead atoms. The minimum atomic E-state index is -0.411. The molecule has 84 valence electrons. The molecule has 0 aromatic carbocycles. The molecule has 2 atom stereocenters. The molecular formula is C11H19N3O. The summed E-state index contributed by atoms with van der Waals surface area (Å²) in [5, 5.41) is 8.00. The van der Waals surface area contributed by atoms with Crippen molar-refractivity contribution in [3.05, 3.63) is 0 Å². The minimum absolute atomic E-state index is 0.110. The van der Waals surface area contributed by atoms with Crippen molar-refractivity contribution in [3.8, 4) is 0 Å². The normalized spacial score (nSPS) is 34.9. The number of fused-ring (bicyclic) bond motifs is 1. The number of guanidine groups is 1. The van der Waals surface area contributed by atoms with Crippen molar-refractivity contribution >= 4 is 11.9 Å². The number of carbonyl (C=O) groups is 1. The number of hydrogen-bond donors (Lipinski definition) is 1. The second-order valence-corrected chi connectivity index (χ2v) is 5.33. The van der Waals surface area contributed by atoms with Crippen LogP contribution in [0.5, 0.6) is 0 Å². The van der Waals surface area contributed by atoms with E-state index in [0.29, 0.717) is 24.5 Å². The van der Waals surface area contributed by atoms with Crippen LogP contribution in [0.3, 0.4) is 0 Å². The van der Waals surface area contributed by atoms with Gasteiger partial charge in [-0.25, -0.2) is 0 Å². The van der Waals surface area contributed by atoms with Crippen LogP contribution in [0.15, 0.2) is 0 Å². The standard InChI is InChI=1S/C11H19N3O/c1-7(2)6-13-9(15)11(4)5-8(3)14(11)10(13)12/h7-8,12H,5-6H2,1-4H3. The van der Waals surface area contributed by atoms with Crippen LogP contribution < -0.4 is 0 Å². The van der Waals surface area contributed by atoms with Crippen LogP contribution in [0.1, 0.15) is 34.1 Å². The summed E-state index contributed by atoms with van der Waals surface area (Å²) in [4.78, 5) is 15.7. The maximum Gasteiger partial charge on any atom is 0.255 e. The molecule has 2 fully saturated rings. The third-order valence-electron chi connectivity index (χ3n) is 3.40. The third kappa shape index (κ3) is 1.20. The molecule has 2 aliphatic heterocycles. The fraction of sp³-hybridized carbons (Fsp3) is 0.818. The highest BCUT2D eigenvalue weighted by atomic mass is 16.2. The van der Waals surface area contributed by atoms with Crippen LogP contribution in [0.2, 0.25) is 0 Å². The summed E-state index contributed by atoms with van der Waals surface area (Å²) >= 11 is 0. The molecule has 2 rings (SSSR count). The molecule has 2 unspecified atom stereocenters. The summed E-state index contributed by atoms with van der Waals surface area (Å²) in [6, 6.07) is 0.337. The van der Waals surface area contributed by atoms with Crippen LogP contribution in [0.4, 0.5) is 0 Å². The zero-order valence-corrected chi connectivity index (χ0v) is 9.87. The van der Waals surface area contributed by atoms with Gasteiger partial charge in [0.2, 0.25) is 5.96 Å². The highest BCUT2D eigenvalue weighted by Gasteiger charge is 2.61. The zero-order chi connectivity index (χ0) is 11.4. The SMILES string of the molecule is CC(C)CN1C(=N)N2C(C)CC2(C)C1=O. The summed E-state index contributed by atoms with van der Waals surface area (Å²) in [6.07, 6.45) is 0.878. The molecule has 0 aliphatic carbocycles. The molecule has 15 heavy (non-hydrogen) atoms. The Morgan fingerprint density at radius 2 is 2.20 bits per heavy atom. The lowest BCUT2D eigenvalue weighted by Gasteiger charge is -2.49. The molecule has 2 saturated heterocycles. The first-order valence-electron chi connectivity index (χ1n) is 5.58. The summed E-state index contributed by atoms with van der Waals surface area (Å²) in [6.45, 7) is 8.83. The molecule has 1 amide bonds. The Morgan fingerprint density at radius 3 is 2.60 bits per heavy atom. The lowest BCUT2D eigenvalue weighted by molar-refractivity contribution is -0.138. The Morgan fingerprint density at radius 1 is 1.60 bits per heavy atom. The molecular weight excluding hydrogens is 190 g/mol. The van der Waals surface area contributed by atoms with Crippen molar-refractivity contribution in [2.24, 2.45) is 5.92 Å². The van der Waals surface area contributed by atoms with Crippen molar-refractivity contribution in [1.82, 2.24) is 9.80 Å². The van der Waals surface area contributed by atoms with Crippen molar-refractivity contribution < 1.29 is 4.79 Å². The van der Waals surface area contributed by atoms with Crippen molar-refractivity contribution in [1.29, 1.82) is 5.41 Å². The Bertz CT molecular complexity index is 326. The van der Waals surface area contributed by atoms with Gasteiger partial charge in [0.15, 0.2) is 0 Å². The van der Waals surface area contributed by atoms with E-state index in [0.717, 1.165) is 6.42 Å². The topological polar surface area (TPSA) is 47.4 Å². The molecule has 2 aliphatic rings. The molecule has 1 N–H and O–H groups in total. The predicted octanol–water partition coefficient (Wildman–Crippen LogP) is 1.27. The van der Waals surface area contributed by atoms with E-state index >= 15 is 0 Å². The summed E-state index contributed by atoms with van der Waals surface area (Å²) in [7, 11) is 0. The van der Waals surface area contributed by atoms with Gasteiger partial charge in [0, 0.05) is 12.6 Å². The fourth-order valence-electron chi connectivity index (χ4n) is 2.82. The average molecular weight is 209 g/mol. The smallest absolute Gasteiger partial charge is 0.255 e. The lowest BCUT2D eigenvalue weighted by Crippen LogP contribution is -2.63. The third-order valence-corrected chi connectivity index (χ3v) is 3.40. The predicted molar refractivity (Wildman–Crippen MR) is 58.6 cm³/mol. The van der Waals surface area contributed by atoms with Crippen LogP contribution in [0.25, 0.3) is 0 Å². The first-order chi connectivity index (χ1) is 6.88. The van der Waals surface area contributed by atoms with Crippen LogP contribution in [-0.4, -0.2) is 39.8 Å². The molecule has 0 aromatic heterocycles. The maximum absolute atomic E-state index is 12.1. The number of nitrogens with zero attached hydrogens (tertiary/aromatic N) is 2. The Labute approximate surface area is 90.7 Å². The highest BCUT2D eigenvalue weighted by Crippen LogP contribution is 2.43. The van der Waals surface area contributed by atoms with Gasteiger partial charge in [-0.1, -0.05) is 13.8 Å². The molecule has 0 aromatic rings. The van der Waals surface area contributed by atoms with Crippen LogP contribution >= 0.6 is 0 Å². The van der Waals surface area contributed by atoms with E-state index in [-0.39, 0.29) is 5.91 Å². The Kier molecular flexibility index (Phi) is 2.07. The van der Waals surface area contributed by atoms with E-state index in [1.54, 1.807) is 4.90 Å². The van der Waals surface area contributed by atoms with Gasteiger partial charge in [-0.15, -0.1) is 0 Å². The van der Waals surface area contributed by atoms with Gasteiger partial charge in [0.25, 0.3) is 5.91 Å². The Balaban J connectivity index is 2.23. The quantitative estimate of drug-likeness (QED) is 0.744. The lowest BCUT2D eigenvalue weighted by atomic mass is 9.82. The van der Waals surface area contributed by atoms with E-state index < -0.39 is 5.54 Å². The largest absolute Gasteiger partial charge is 0.325 e. The van der Waals surface area contributed by atoms with E-state index in [1.807, 2.05) is 11.8 Å². The zero-order valence-electron chi connectivity index (χ0n) is 9.87. The summed E-state index contributed by atoms with van der Waals surface area (Å²) in [5.41, 5.74) is -0.411. The van der Waals surface area contributed by atoms with Gasteiger partial charge in [-0.3, -0.25) is 15.1 Å². The van der Waals surface area contributed by atoms with Crippen molar-refractivity contribution in [3.63, 3.8) is 0 Å². The summed E-state index contributed by atoms with van der Waals surface area (Å²) in [5.74, 6) is 0.918. The van der Waals surface area contributed by atoms with Crippen LogP contribution in [0, 0.1) is 11.3 Å². The van der Waals surface area contributed by atoms with E-state index in [1.165, 1.54) is 0 Å². The van der Waals surface area contributed by atoms with Gasteiger partial charge in [-0.2, -0.15) is 0 Å². The molecule has 0 spiro atoms. The molecule has 4 nitrogen and oxygen atoms in total. The van der Waals surface area contributed by atoms with E-state index in [4.69, 9.17) is 5.41 Å². The van der Waals surface area contributed by atoms with E-state index in [9.17, 15) is 4.79 Å². The molecule has 2 heterocycles. The van der Waals surface area contributed by atoms with Gasteiger partial charge >= 0.3 is 0 Å². The number of rotatable bonds is 2.